The quantitative estimate of drug-likeness (QED) is 0.456. The second-order valence-corrected chi connectivity index (χ2v) is 8.04. The van der Waals surface area contributed by atoms with Crippen LogP contribution in [0.2, 0.25) is 4.34 Å². The summed E-state index contributed by atoms with van der Waals surface area (Å²) in [5.74, 6) is -0.371. The van der Waals surface area contributed by atoms with Gasteiger partial charge in [-0.1, -0.05) is 32.7 Å². The molecule has 0 aliphatic carbocycles. The molecule has 0 aliphatic heterocycles. The minimum Gasteiger partial charge on any atom is -0.477 e. The predicted octanol–water partition coefficient (Wildman–Crippen LogP) is 5.52. The van der Waals surface area contributed by atoms with Gasteiger partial charge >= 0.3 is 5.97 Å². The van der Waals surface area contributed by atoms with E-state index in [9.17, 15) is 9.90 Å². The first-order valence-electron chi connectivity index (χ1n) is 7.24. The number of aromatic nitrogens is 2. The van der Waals surface area contributed by atoms with Gasteiger partial charge in [0.2, 0.25) is 0 Å². The van der Waals surface area contributed by atoms with Crippen LogP contribution in [0, 0.1) is 0 Å². The maximum absolute atomic E-state index is 11.6. The monoisotopic (exact) mass is 436 g/mol. The standard InChI is InChI=1S/C17H10BrClN2O3S/c18-10-1-2-12-9(5-10)6-13(17(22)23)21(12)8-11-7-14(24-20-11)15-3-4-16(19)25-15/h1-7H,8H2,(H,22,23). The first-order chi connectivity index (χ1) is 12.0. The van der Waals surface area contributed by atoms with Crippen molar-refractivity contribution in [2.45, 2.75) is 6.54 Å². The van der Waals surface area contributed by atoms with Crippen LogP contribution in [-0.2, 0) is 6.54 Å². The zero-order valence-electron chi connectivity index (χ0n) is 12.6. The van der Waals surface area contributed by atoms with Gasteiger partial charge in [0.05, 0.1) is 15.8 Å². The summed E-state index contributed by atoms with van der Waals surface area (Å²) in [4.78, 5) is 12.5. The molecule has 0 fully saturated rings. The lowest BCUT2D eigenvalue weighted by molar-refractivity contribution is 0.0686. The van der Waals surface area contributed by atoms with E-state index in [4.69, 9.17) is 16.1 Å². The normalized spacial score (nSPS) is 11.3. The molecule has 5 nitrogen and oxygen atoms in total. The van der Waals surface area contributed by atoms with Gasteiger partial charge in [0, 0.05) is 21.4 Å². The van der Waals surface area contributed by atoms with Crippen LogP contribution in [0.5, 0.6) is 0 Å². The van der Waals surface area contributed by atoms with Crippen molar-refractivity contribution < 1.29 is 14.4 Å². The molecule has 1 aromatic carbocycles. The fourth-order valence-electron chi connectivity index (χ4n) is 2.70. The number of halogens is 2. The van der Waals surface area contributed by atoms with E-state index in [2.05, 4.69) is 21.1 Å². The van der Waals surface area contributed by atoms with Crippen molar-refractivity contribution in [2.24, 2.45) is 0 Å². The van der Waals surface area contributed by atoms with Gasteiger partial charge in [0.25, 0.3) is 0 Å². The van der Waals surface area contributed by atoms with Crippen molar-refractivity contribution in [3.05, 3.63) is 62.7 Å². The largest absolute Gasteiger partial charge is 0.477 e. The average molecular weight is 438 g/mol. The third-order valence-electron chi connectivity index (χ3n) is 3.78. The summed E-state index contributed by atoms with van der Waals surface area (Å²) in [5.41, 5.74) is 1.67. The summed E-state index contributed by atoms with van der Waals surface area (Å²) in [5, 5.41) is 14.4. The van der Waals surface area contributed by atoms with E-state index < -0.39 is 5.97 Å². The van der Waals surface area contributed by atoms with Gasteiger partial charge < -0.3 is 14.2 Å². The molecule has 3 aromatic heterocycles. The number of fused-ring (bicyclic) bond motifs is 1. The molecule has 4 rings (SSSR count). The number of hydrogen-bond acceptors (Lipinski definition) is 4. The highest BCUT2D eigenvalue weighted by atomic mass is 79.9. The Labute approximate surface area is 159 Å². The molecular weight excluding hydrogens is 428 g/mol. The van der Waals surface area contributed by atoms with Gasteiger partial charge in [-0.3, -0.25) is 0 Å². The summed E-state index contributed by atoms with van der Waals surface area (Å²) < 4.78 is 8.66. The fourth-order valence-corrected chi connectivity index (χ4v) is 4.07. The Morgan fingerprint density at radius 3 is 2.84 bits per heavy atom. The summed E-state index contributed by atoms with van der Waals surface area (Å²) in [6.45, 7) is 0.301. The van der Waals surface area contributed by atoms with Crippen molar-refractivity contribution in [1.82, 2.24) is 9.72 Å². The van der Waals surface area contributed by atoms with E-state index in [1.807, 2.05) is 24.3 Å². The molecule has 0 radical (unpaired) electrons. The van der Waals surface area contributed by atoms with Gasteiger partial charge in [-0.15, -0.1) is 11.3 Å². The molecule has 0 saturated carbocycles. The van der Waals surface area contributed by atoms with E-state index >= 15 is 0 Å². The van der Waals surface area contributed by atoms with Crippen LogP contribution in [0.1, 0.15) is 16.2 Å². The molecule has 4 aromatic rings. The van der Waals surface area contributed by atoms with Crippen LogP contribution in [0.3, 0.4) is 0 Å². The Balaban J connectivity index is 1.74. The Morgan fingerprint density at radius 2 is 2.12 bits per heavy atom. The third-order valence-corrected chi connectivity index (χ3v) is 5.52. The number of carboxylic acids is 1. The molecule has 0 spiro atoms. The number of hydrogen-bond donors (Lipinski definition) is 1. The topological polar surface area (TPSA) is 68.3 Å². The first-order valence-corrected chi connectivity index (χ1v) is 9.23. The molecule has 0 unspecified atom stereocenters. The second-order valence-electron chi connectivity index (χ2n) is 5.41. The number of nitrogens with zero attached hydrogens (tertiary/aromatic N) is 2. The molecule has 0 bridgehead atoms. The zero-order valence-corrected chi connectivity index (χ0v) is 15.7. The molecule has 8 heteroatoms. The number of rotatable bonds is 4. The fraction of sp³-hybridized carbons (Fsp3) is 0.0588. The molecule has 0 saturated heterocycles. The number of thiophene rings is 1. The Hall–Kier alpha value is -2.09. The lowest BCUT2D eigenvalue weighted by atomic mass is 10.2. The van der Waals surface area contributed by atoms with Crippen LogP contribution in [-0.4, -0.2) is 20.8 Å². The second kappa shape index (κ2) is 6.33. The Morgan fingerprint density at radius 1 is 1.28 bits per heavy atom. The minimum absolute atomic E-state index is 0.205. The smallest absolute Gasteiger partial charge is 0.352 e. The minimum atomic E-state index is -0.985. The molecule has 3 heterocycles. The highest BCUT2D eigenvalue weighted by molar-refractivity contribution is 9.10. The third kappa shape index (κ3) is 3.10. The molecule has 0 atom stereocenters. The summed E-state index contributed by atoms with van der Waals surface area (Å²) in [7, 11) is 0. The Bertz CT molecular complexity index is 1100. The highest BCUT2D eigenvalue weighted by Gasteiger charge is 2.17. The molecule has 1 N–H and O–H groups in total. The number of carbonyl (C=O) groups is 1. The maximum Gasteiger partial charge on any atom is 0.352 e. The van der Waals surface area contributed by atoms with Crippen LogP contribution < -0.4 is 0 Å². The molecular formula is C17H10BrClN2O3S. The maximum atomic E-state index is 11.6. The SMILES string of the molecule is O=C(O)c1cc2cc(Br)ccc2n1Cc1cc(-c2ccc(Cl)s2)on1. The van der Waals surface area contributed by atoms with E-state index in [0.29, 0.717) is 22.3 Å². The van der Waals surface area contributed by atoms with Gasteiger partial charge in [0.1, 0.15) is 11.4 Å². The summed E-state index contributed by atoms with van der Waals surface area (Å²) in [6.07, 6.45) is 0. The van der Waals surface area contributed by atoms with Crippen molar-refractivity contribution in [1.29, 1.82) is 0 Å². The number of aromatic carboxylic acids is 1. The van der Waals surface area contributed by atoms with Crippen molar-refractivity contribution >= 4 is 55.7 Å². The molecule has 0 amide bonds. The van der Waals surface area contributed by atoms with Gasteiger partial charge in [-0.25, -0.2) is 4.79 Å². The Kier molecular flexibility index (Phi) is 4.15. The summed E-state index contributed by atoms with van der Waals surface area (Å²) >= 11 is 10.8. The van der Waals surface area contributed by atoms with Crippen LogP contribution in [0.15, 0.2) is 51.5 Å². The number of benzene rings is 1. The molecule has 126 valence electrons. The predicted molar refractivity (Wildman–Crippen MR) is 101 cm³/mol. The van der Waals surface area contributed by atoms with Gasteiger partial charge in [-0.2, -0.15) is 0 Å². The number of carboxylic acid groups (broad SMARTS) is 1. The van der Waals surface area contributed by atoms with E-state index in [-0.39, 0.29) is 5.69 Å². The van der Waals surface area contributed by atoms with E-state index in [1.165, 1.54) is 11.3 Å². The average Bonchev–Trinajstić information content (AvgIpc) is 3.26. The van der Waals surface area contributed by atoms with Gasteiger partial charge in [-0.05, 0) is 36.4 Å². The molecule has 25 heavy (non-hydrogen) atoms. The lowest BCUT2D eigenvalue weighted by Gasteiger charge is -2.05. The zero-order chi connectivity index (χ0) is 17.6. The van der Waals surface area contributed by atoms with E-state index in [0.717, 1.165) is 20.3 Å². The van der Waals surface area contributed by atoms with Crippen LogP contribution in [0.4, 0.5) is 0 Å². The van der Waals surface area contributed by atoms with Crippen molar-refractivity contribution in [3.8, 4) is 10.6 Å². The van der Waals surface area contributed by atoms with Gasteiger partial charge in [0.15, 0.2) is 5.76 Å². The van der Waals surface area contributed by atoms with Crippen LogP contribution in [0.25, 0.3) is 21.5 Å². The van der Waals surface area contributed by atoms with Crippen molar-refractivity contribution in [3.63, 3.8) is 0 Å². The highest BCUT2D eigenvalue weighted by Crippen LogP contribution is 2.32. The first kappa shape index (κ1) is 16.4. The lowest BCUT2D eigenvalue weighted by Crippen LogP contribution is -2.09. The van der Waals surface area contributed by atoms with E-state index in [1.54, 1.807) is 22.8 Å². The summed E-state index contributed by atoms with van der Waals surface area (Å²) in [6, 6.07) is 12.8. The molecule has 0 aliphatic rings. The van der Waals surface area contributed by atoms with Crippen LogP contribution >= 0.6 is 38.9 Å². The van der Waals surface area contributed by atoms with Crippen molar-refractivity contribution in [2.75, 3.05) is 0 Å².